The molecule has 1 aromatic carbocycles. The molecule has 1 heterocycles. The maximum atomic E-state index is 5.59. The first-order valence-corrected chi connectivity index (χ1v) is 6.15. The highest BCUT2D eigenvalue weighted by Gasteiger charge is 1.98. The van der Waals surface area contributed by atoms with Gasteiger partial charge in [0.2, 0.25) is 0 Å². The molecule has 4 nitrogen and oxygen atoms in total. The first kappa shape index (κ1) is 12.6. The Morgan fingerprint density at radius 1 is 1.28 bits per heavy atom. The number of rotatable bonds is 7. The Hall–Kier alpha value is -1.81. The fourth-order valence-corrected chi connectivity index (χ4v) is 1.62. The summed E-state index contributed by atoms with van der Waals surface area (Å²) in [6.45, 7) is 4.25. The zero-order chi connectivity index (χ0) is 12.6. The average molecular weight is 246 g/mol. The van der Waals surface area contributed by atoms with Crippen LogP contribution in [-0.2, 0) is 6.54 Å². The molecule has 18 heavy (non-hydrogen) atoms. The molecule has 1 aromatic heterocycles. The molecular weight excluding hydrogens is 228 g/mol. The van der Waals surface area contributed by atoms with Crippen LogP contribution in [-0.4, -0.2) is 18.3 Å². The Bertz CT molecular complexity index is 454. The highest BCUT2D eigenvalue weighted by Crippen LogP contribution is 2.08. The maximum Gasteiger partial charge on any atom is 0.133 e. The Balaban J connectivity index is 1.54. The van der Waals surface area contributed by atoms with Crippen LogP contribution in [0.15, 0.2) is 40.9 Å². The minimum absolute atomic E-state index is 0.717. The van der Waals surface area contributed by atoms with Crippen LogP contribution in [0.25, 0.3) is 0 Å². The summed E-state index contributed by atoms with van der Waals surface area (Å²) in [4.78, 5) is 0. The summed E-state index contributed by atoms with van der Waals surface area (Å²) in [5.41, 5.74) is 0.941. The Morgan fingerprint density at radius 2 is 2.11 bits per heavy atom. The van der Waals surface area contributed by atoms with Crippen LogP contribution in [0.2, 0.25) is 0 Å². The van der Waals surface area contributed by atoms with E-state index in [4.69, 9.17) is 9.26 Å². The van der Waals surface area contributed by atoms with E-state index in [1.165, 1.54) is 0 Å². The Labute approximate surface area is 107 Å². The third-order valence-electron chi connectivity index (χ3n) is 2.49. The lowest BCUT2D eigenvalue weighted by Crippen LogP contribution is -2.17. The van der Waals surface area contributed by atoms with Gasteiger partial charge in [0, 0.05) is 12.6 Å². The fourth-order valence-electron chi connectivity index (χ4n) is 1.62. The van der Waals surface area contributed by atoms with Crippen molar-refractivity contribution in [3.63, 3.8) is 0 Å². The molecule has 0 fully saturated rings. The van der Waals surface area contributed by atoms with Crippen molar-refractivity contribution >= 4 is 0 Å². The highest BCUT2D eigenvalue weighted by atomic mass is 16.5. The van der Waals surface area contributed by atoms with Crippen molar-refractivity contribution in [3.05, 3.63) is 47.9 Å². The standard InChI is InChI=1S/C14H18N2O2/c1-12-10-13(16-18-12)11-15-8-5-9-17-14-6-3-2-4-7-14/h2-4,6-7,10,15H,5,8-9,11H2,1H3. The van der Waals surface area contributed by atoms with Gasteiger partial charge in [0.25, 0.3) is 0 Å². The van der Waals surface area contributed by atoms with Gasteiger partial charge in [-0.05, 0) is 32.0 Å². The molecule has 0 saturated carbocycles. The van der Waals surface area contributed by atoms with Crippen molar-refractivity contribution in [1.29, 1.82) is 0 Å². The van der Waals surface area contributed by atoms with Crippen molar-refractivity contribution in [1.82, 2.24) is 10.5 Å². The summed E-state index contributed by atoms with van der Waals surface area (Å²) in [7, 11) is 0. The van der Waals surface area contributed by atoms with Gasteiger partial charge in [0.05, 0.1) is 12.3 Å². The predicted octanol–water partition coefficient (Wildman–Crippen LogP) is 2.54. The first-order valence-electron chi connectivity index (χ1n) is 6.15. The lowest BCUT2D eigenvalue weighted by atomic mass is 10.3. The molecule has 0 atom stereocenters. The molecule has 2 aromatic rings. The molecule has 0 aliphatic carbocycles. The van der Waals surface area contributed by atoms with Gasteiger partial charge in [-0.25, -0.2) is 0 Å². The number of nitrogens with zero attached hydrogens (tertiary/aromatic N) is 1. The molecule has 0 spiro atoms. The van der Waals surface area contributed by atoms with Gasteiger partial charge in [0.1, 0.15) is 11.5 Å². The molecule has 4 heteroatoms. The smallest absolute Gasteiger partial charge is 0.133 e. The molecule has 0 amide bonds. The van der Waals surface area contributed by atoms with E-state index in [1.54, 1.807) is 0 Å². The monoisotopic (exact) mass is 246 g/mol. The summed E-state index contributed by atoms with van der Waals surface area (Å²) >= 11 is 0. The minimum atomic E-state index is 0.717. The summed E-state index contributed by atoms with van der Waals surface area (Å²) in [5.74, 6) is 1.77. The molecular formula is C14H18N2O2. The molecule has 0 aliphatic heterocycles. The van der Waals surface area contributed by atoms with E-state index in [0.717, 1.165) is 43.3 Å². The van der Waals surface area contributed by atoms with E-state index in [1.807, 2.05) is 43.3 Å². The molecule has 0 aliphatic rings. The summed E-state index contributed by atoms with van der Waals surface area (Å²) < 4.78 is 10.6. The van der Waals surface area contributed by atoms with Crippen molar-refractivity contribution in [2.24, 2.45) is 0 Å². The van der Waals surface area contributed by atoms with Crippen LogP contribution in [0.4, 0.5) is 0 Å². The third-order valence-corrected chi connectivity index (χ3v) is 2.49. The van der Waals surface area contributed by atoms with Crippen molar-refractivity contribution in [2.45, 2.75) is 19.9 Å². The van der Waals surface area contributed by atoms with E-state index < -0.39 is 0 Å². The number of ether oxygens (including phenoxy) is 1. The average Bonchev–Trinajstić information content (AvgIpc) is 2.81. The molecule has 0 unspecified atom stereocenters. The van der Waals surface area contributed by atoms with Gasteiger partial charge >= 0.3 is 0 Å². The summed E-state index contributed by atoms with van der Waals surface area (Å²) in [6.07, 6.45) is 0.964. The number of aromatic nitrogens is 1. The van der Waals surface area contributed by atoms with E-state index in [2.05, 4.69) is 10.5 Å². The van der Waals surface area contributed by atoms with Gasteiger partial charge in [-0.2, -0.15) is 0 Å². The second-order valence-corrected chi connectivity index (χ2v) is 4.12. The fraction of sp³-hybridized carbons (Fsp3) is 0.357. The van der Waals surface area contributed by atoms with Crippen LogP contribution < -0.4 is 10.1 Å². The van der Waals surface area contributed by atoms with Gasteiger partial charge in [0.15, 0.2) is 0 Å². The van der Waals surface area contributed by atoms with Crippen molar-refractivity contribution in [2.75, 3.05) is 13.2 Å². The SMILES string of the molecule is Cc1cc(CNCCCOc2ccccc2)no1. The zero-order valence-corrected chi connectivity index (χ0v) is 10.6. The maximum absolute atomic E-state index is 5.59. The van der Waals surface area contributed by atoms with E-state index in [0.29, 0.717) is 0 Å². The van der Waals surface area contributed by atoms with Crippen LogP contribution in [0, 0.1) is 6.92 Å². The normalized spacial score (nSPS) is 10.5. The molecule has 0 radical (unpaired) electrons. The largest absolute Gasteiger partial charge is 0.494 e. The topological polar surface area (TPSA) is 47.3 Å². The number of hydrogen-bond donors (Lipinski definition) is 1. The van der Waals surface area contributed by atoms with Crippen LogP contribution in [0.1, 0.15) is 17.9 Å². The lowest BCUT2D eigenvalue weighted by Gasteiger charge is -2.06. The number of aryl methyl sites for hydroxylation is 1. The molecule has 1 N–H and O–H groups in total. The van der Waals surface area contributed by atoms with E-state index >= 15 is 0 Å². The van der Waals surface area contributed by atoms with Crippen molar-refractivity contribution < 1.29 is 9.26 Å². The zero-order valence-electron chi connectivity index (χ0n) is 10.6. The third kappa shape index (κ3) is 4.22. The first-order chi connectivity index (χ1) is 8.84. The summed E-state index contributed by atoms with van der Waals surface area (Å²) in [6, 6.07) is 11.8. The molecule has 0 saturated heterocycles. The van der Waals surface area contributed by atoms with E-state index in [-0.39, 0.29) is 0 Å². The number of benzene rings is 1. The minimum Gasteiger partial charge on any atom is -0.494 e. The van der Waals surface area contributed by atoms with Gasteiger partial charge in [-0.15, -0.1) is 0 Å². The Morgan fingerprint density at radius 3 is 2.83 bits per heavy atom. The molecule has 0 bridgehead atoms. The Kier molecular flexibility index (Phi) is 4.78. The number of para-hydroxylation sites is 1. The van der Waals surface area contributed by atoms with Crippen molar-refractivity contribution in [3.8, 4) is 5.75 Å². The lowest BCUT2D eigenvalue weighted by molar-refractivity contribution is 0.307. The highest BCUT2D eigenvalue weighted by molar-refractivity contribution is 5.20. The van der Waals surface area contributed by atoms with Gasteiger partial charge in [-0.3, -0.25) is 0 Å². The quantitative estimate of drug-likeness (QED) is 0.763. The number of nitrogens with one attached hydrogen (secondary N) is 1. The number of hydrogen-bond acceptors (Lipinski definition) is 4. The van der Waals surface area contributed by atoms with Gasteiger partial charge in [-0.1, -0.05) is 23.4 Å². The van der Waals surface area contributed by atoms with Gasteiger partial charge < -0.3 is 14.6 Å². The van der Waals surface area contributed by atoms with Crippen LogP contribution in [0.5, 0.6) is 5.75 Å². The second-order valence-electron chi connectivity index (χ2n) is 4.12. The predicted molar refractivity (Wildman–Crippen MR) is 69.5 cm³/mol. The van der Waals surface area contributed by atoms with E-state index in [9.17, 15) is 0 Å². The molecule has 96 valence electrons. The second kappa shape index (κ2) is 6.81. The summed E-state index contributed by atoms with van der Waals surface area (Å²) in [5, 5.41) is 7.21. The van der Waals surface area contributed by atoms with Crippen LogP contribution >= 0.6 is 0 Å². The molecule has 2 rings (SSSR count). The van der Waals surface area contributed by atoms with Crippen LogP contribution in [0.3, 0.4) is 0 Å².